The number of unbranched alkanes of at least 4 members (excludes halogenated alkanes) is 3. The minimum atomic E-state index is 0.310. The van der Waals surface area contributed by atoms with Crippen LogP contribution in [0.2, 0.25) is 0 Å². The largest absolute Gasteiger partial charge is 0.340 e. The summed E-state index contributed by atoms with van der Waals surface area (Å²) in [5.41, 5.74) is 5.42. The smallest absolute Gasteiger partial charge is 0.222 e. The van der Waals surface area contributed by atoms with Crippen LogP contribution < -0.4 is 5.73 Å². The highest BCUT2D eigenvalue weighted by Gasteiger charge is 2.15. The van der Waals surface area contributed by atoms with Gasteiger partial charge in [-0.05, 0) is 39.7 Å². The number of hydrogen-bond donors (Lipinski definition) is 1. The molecule has 0 aromatic rings. The average Bonchev–Trinajstić information content (AvgIpc) is 2.29. The lowest BCUT2D eigenvalue weighted by atomic mass is 10.1. The Hall–Kier alpha value is -0.570. The van der Waals surface area contributed by atoms with Gasteiger partial charge in [-0.15, -0.1) is 0 Å². The van der Waals surface area contributed by atoms with Crippen LogP contribution in [0, 0.1) is 0 Å². The molecule has 0 bridgehead atoms. The summed E-state index contributed by atoms with van der Waals surface area (Å²) in [6, 6.07) is 0.376. The summed E-state index contributed by atoms with van der Waals surface area (Å²) in [6.45, 7) is 7.90. The summed E-state index contributed by atoms with van der Waals surface area (Å²) < 4.78 is 0. The maximum Gasteiger partial charge on any atom is 0.222 e. The Morgan fingerprint density at radius 3 is 2.31 bits per heavy atom. The minimum absolute atomic E-state index is 0.310. The molecule has 0 aliphatic rings. The summed E-state index contributed by atoms with van der Waals surface area (Å²) in [5, 5.41) is 0. The lowest BCUT2D eigenvalue weighted by Crippen LogP contribution is -2.37. The Bertz CT molecular complexity index is 183. The van der Waals surface area contributed by atoms with Crippen LogP contribution in [0.3, 0.4) is 0 Å². The molecule has 0 aromatic heterocycles. The van der Waals surface area contributed by atoms with Crippen LogP contribution in [0.25, 0.3) is 0 Å². The summed E-state index contributed by atoms with van der Waals surface area (Å²) in [4.78, 5) is 13.9. The standard InChI is InChI=1S/C13H28N2O/c1-4-12(3)15(5-2)13(16)10-8-6-7-9-11-14/h12H,4-11,14H2,1-3H3. The van der Waals surface area contributed by atoms with E-state index in [1.54, 1.807) is 0 Å². The van der Waals surface area contributed by atoms with Gasteiger partial charge in [0.1, 0.15) is 0 Å². The molecule has 1 unspecified atom stereocenters. The molecule has 96 valence electrons. The monoisotopic (exact) mass is 228 g/mol. The van der Waals surface area contributed by atoms with Crippen LogP contribution in [0.4, 0.5) is 0 Å². The number of hydrogen-bond acceptors (Lipinski definition) is 2. The fraction of sp³-hybridized carbons (Fsp3) is 0.923. The first-order valence-corrected chi connectivity index (χ1v) is 6.66. The predicted molar refractivity (Wildman–Crippen MR) is 69.3 cm³/mol. The van der Waals surface area contributed by atoms with E-state index in [4.69, 9.17) is 5.73 Å². The van der Waals surface area contributed by atoms with Crippen molar-refractivity contribution >= 4 is 5.91 Å². The van der Waals surface area contributed by atoms with Gasteiger partial charge in [-0.1, -0.05) is 19.8 Å². The van der Waals surface area contributed by atoms with E-state index < -0.39 is 0 Å². The van der Waals surface area contributed by atoms with Crippen molar-refractivity contribution in [2.24, 2.45) is 5.73 Å². The van der Waals surface area contributed by atoms with Gasteiger partial charge in [-0.2, -0.15) is 0 Å². The first-order valence-electron chi connectivity index (χ1n) is 6.66. The Kier molecular flexibility index (Phi) is 9.30. The molecule has 16 heavy (non-hydrogen) atoms. The number of nitrogens with zero attached hydrogens (tertiary/aromatic N) is 1. The van der Waals surface area contributed by atoms with Crippen LogP contribution in [0.5, 0.6) is 0 Å². The van der Waals surface area contributed by atoms with Gasteiger partial charge >= 0.3 is 0 Å². The zero-order chi connectivity index (χ0) is 12.4. The molecule has 0 saturated carbocycles. The van der Waals surface area contributed by atoms with E-state index in [0.29, 0.717) is 18.4 Å². The third-order valence-electron chi connectivity index (χ3n) is 3.13. The summed E-state index contributed by atoms with van der Waals surface area (Å²) >= 11 is 0. The van der Waals surface area contributed by atoms with E-state index in [2.05, 4.69) is 20.8 Å². The fourth-order valence-electron chi connectivity index (χ4n) is 1.87. The van der Waals surface area contributed by atoms with E-state index in [0.717, 1.165) is 45.2 Å². The van der Waals surface area contributed by atoms with E-state index >= 15 is 0 Å². The van der Waals surface area contributed by atoms with E-state index in [1.165, 1.54) is 0 Å². The van der Waals surface area contributed by atoms with Crippen LogP contribution in [0.1, 0.15) is 59.3 Å². The highest BCUT2D eigenvalue weighted by Crippen LogP contribution is 2.09. The third kappa shape index (κ3) is 6.11. The number of amides is 1. The van der Waals surface area contributed by atoms with Crippen molar-refractivity contribution in [1.29, 1.82) is 0 Å². The maximum atomic E-state index is 11.9. The van der Waals surface area contributed by atoms with Crippen molar-refractivity contribution in [3.8, 4) is 0 Å². The van der Waals surface area contributed by atoms with Gasteiger partial charge < -0.3 is 10.6 Å². The van der Waals surface area contributed by atoms with Gasteiger partial charge in [-0.25, -0.2) is 0 Å². The van der Waals surface area contributed by atoms with Crippen molar-refractivity contribution < 1.29 is 4.79 Å². The molecule has 0 heterocycles. The molecule has 1 amide bonds. The summed E-state index contributed by atoms with van der Waals surface area (Å²) in [7, 11) is 0. The highest BCUT2D eigenvalue weighted by molar-refractivity contribution is 5.76. The predicted octanol–water partition coefficient (Wildman–Crippen LogP) is 2.54. The summed E-state index contributed by atoms with van der Waals surface area (Å²) in [6.07, 6.45) is 6.10. The lowest BCUT2D eigenvalue weighted by molar-refractivity contribution is -0.133. The molecule has 3 nitrogen and oxygen atoms in total. The molecule has 2 N–H and O–H groups in total. The second-order valence-corrected chi connectivity index (χ2v) is 4.39. The molecule has 3 heteroatoms. The van der Waals surface area contributed by atoms with Gasteiger partial charge in [0.2, 0.25) is 5.91 Å². The fourth-order valence-corrected chi connectivity index (χ4v) is 1.87. The van der Waals surface area contributed by atoms with Crippen LogP contribution in [0.15, 0.2) is 0 Å². The quantitative estimate of drug-likeness (QED) is 0.616. The van der Waals surface area contributed by atoms with Crippen molar-refractivity contribution in [2.45, 2.75) is 65.3 Å². The molecular weight excluding hydrogens is 200 g/mol. The number of nitrogens with two attached hydrogens (primary N) is 1. The van der Waals surface area contributed by atoms with Gasteiger partial charge in [0, 0.05) is 19.0 Å². The number of carbonyl (C=O) groups is 1. The van der Waals surface area contributed by atoms with Crippen molar-refractivity contribution in [1.82, 2.24) is 4.90 Å². The van der Waals surface area contributed by atoms with E-state index in [-0.39, 0.29) is 0 Å². The zero-order valence-corrected chi connectivity index (χ0v) is 11.2. The molecule has 0 spiro atoms. The van der Waals surface area contributed by atoms with Crippen LogP contribution in [-0.4, -0.2) is 29.9 Å². The van der Waals surface area contributed by atoms with Crippen LogP contribution in [-0.2, 0) is 4.79 Å². The van der Waals surface area contributed by atoms with Gasteiger partial charge in [-0.3, -0.25) is 4.79 Å². The van der Waals surface area contributed by atoms with Gasteiger partial charge in [0.25, 0.3) is 0 Å². The molecule has 0 rings (SSSR count). The zero-order valence-electron chi connectivity index (χ0n) is 11.2. The molecule has 0 radical (unpaired) electrons. The third-order valence-corrected chi connectivity index (χ3v) is 3.13. The molecular formula is C13H28N2O. The minimum Gasteiger partial charge on any atom is -0.340 e. The Morgan fingerprint density at radius 2 is 1.81 bits per heavy atom. The molecule has 0 fully saturated rings. The normalized spacial score (nSPS) is 12.5. The Labute approximate surface area is 100 Å². The Balaban J connectivity index is 3.76. The summed E-state index contributed by atoms with van der Waals surface area (Å²) in [5.74, 6) is 0.310. The average molecular weight is 228 g/mol. The first-order chi connectivity index (χ1) is 7.67. The molecule has 1 atom stereocenters. The maximum absolute atomic E-state index is 11.9. The SMILES string of the molecule is CCC(C)N(CC)C(=O)CCCCCCN. The lowest BCUT2D eigenvalue weighted by Gasteiger charge is -2.27. The van der Waals surface area contributed by atoms with Crippen molar-refractivity contribution in [3.63, 3.8) is 0 Å². The topological polar surface area (TPSA) is 46.3 Å². The Morgan fingerprint density at radius 1 is 1.19 bits per heavy atom. The van der Waals surface area contributed by atoms with Crippen molar-refractivity contribution in [2.75, 3.05) is 13.1 Å². The van der Waals surface area contributed by atoms with Crippen molar-refractivity contribution in [3.05, 3.63) is 0 Å². The second kappa shape index (κ2) is 9.64. The van der Waals surface area contributed by atoms with Gasteiger partial charge in [0.05, 0.1) is 0 Å². The second-order valence-electron chi connectivity index (χ2n) is 4.39. The van der Waals surface area contributed by atoms with Gasteiger partial charge in [0.15, 0.2) is 0 Å². The van der Waals surface area contributed by atoms with Crippen LogP contribution >= 0.6 is 0 Å². The molecule has 0 aromatic carbocycles. The molecule has 0 saturated heterocycles. The molecule has 0 aliphatic heterocycles. The molecule has 0 aliphatic carbocycles. The number of carbonyl (C=O) groups excluding carboxylic acids is 1. The highest BCUT2D eigenvalue weighted by atomic mass is 16.2. The van der Waals surface area contributed by atoms with E-state index in [1.807, 2.05) is 4.90 Å². The first kappa shape index (κ1) is 15.4. The number of rotatable bonds is 9. The van der Waals surface area contributed by atoms with E-state index in [9.17, 15) is 4.79 Å².